The molecule has 3 nitrogen and oxygen atoms in total. The van der Waals surface area contributed by atoms with Crippen molar-refractivity contribution in [2.75, 3.05) is 5.32 Å². The quantitative estimate of drug-likeness (QED) is 0.369. The maximum atomic E-state index is 13.0. The zero-order valence-corrected chi connectivity index (χ0v) is 16.2. The smallest absolute Gasteiger partial charge is 0.259 e. The third-order valence-corrected chi connectivity index (χ3v) is 4.76. The van der Waals surface area contributed by atoms with E-state index in [1.54, 1.807) is 48.5 Å². The molecule has 0 atom stereocenters. The number of Topliss-reactive ketones (excluding diaryl/α,β-unsaturated/α-hetero) is 1. The summed E-state index contributed by atoms with van der Waals surface area (Å²) in [7, 11) is 0. The lowest BCUT2D eigenvalue weighted by molar-refractivity contribution is -0.112. The number of ketones is 1. The summed E-state index contributed by atoms with van der Waals surface area (Å²) in [5.41, 5.74) is 3.56. The third-order valence-electron chi connectivity index (χ3n) is 4.53. The minimum atomic E-state index is -0.426. The van der Waals surface area contributed by atoms with Gasteiger partial charge in [-0.3, -0.25) is 9.59 Å². The van der Waals surface area contributed by atoms with Crippen LogP contribution < -0.4 is 5.32 Å². The van der Waals surface area contributed by atoms with Crippen molar-refractivity contribution in [3.05, 3.63) is 106 Å². The summed E-state index contributed by atoms with van der Waals surface area (Å²) >= 11 is 6.00. The Hall–Kier alpha value is -3.61. The molecule has 140 valence electrons. The first-order valence-electron chi connectivity index (χ1n) is 9.10. The van der Waals surface area contributed by atoms with Crippen LogP contribution in [0.3, 0.4) is 0 Å². The van der Waals surface area contributed by atoms with E-state index in [9.17, 15) is 9.59 Å². The number of halogens is 1. The van der Waals surface area contributed by atoms with Gasteiger partial charge in [-0.2, -0.15) is 0 Å². The minimum Gasteiger partial charge on any atom is -0.321 e. The van der Waals surface area contributed by atoms with Gasteiger partial charge < -0.3 is 5.32 Å². The van der Waals surface area contributed by atoms with Crippen molar-refractivity contribution < 1.29 is 9.59 Å². The van der Waals surface area contributed by atoms with Crippen LogP contribution in [0, 0.1) is 11.8 Å². The molecule has 3 aromatic rings. The van der Waals surface area contributed by atoms with E-state index in [0.29, 0.717) is 28.3 Å². The predicted molar refractivity (Wildman–Crippen MR) is 116 cm³/mol. The third kappa shape index (κ3) is 4.29. The first-order chi connectivity index (χ1) is 14.1. The van der Waals surface area contributed by atoms with Crippen LogP contribution in [0.1, 0.15) is 27.0 Å². The molecule has 1 N–H and O–H groups in total. The molecule has 0 aromatic heterocycles. The summed E-state index contributed by atoms with van der Waals surface area (Å²) in [6, 6.07) is 22.2. The number of amides is 1. The van der Waals surface area contributed by atoms with E-state index in [1.807, 2.05) is 30.3 Å². The summed E-state index contributed by atoms with van der Waals surface area (Å²) in [6.45, 7) is 0. The Kier molecular flexibility index (Phi) is 5.29. The molecule has 1 aliphatic rings. The molecular weight excluding hydrogens is 382 g/mol. The Bertz CT molecular complexity index is 1200. The summed E-state index contributed by atoms with van der Waals surface area (Å²) in [5, 5.41) is 3.32. The number of anilines is 1. The van der Waals surface area contributed by atoms with Gasteiger partial charge in [-0.15, -0.1) is 0 Å². The van der Waals surface area contributed by atoms with Crippen LogP contribution in [0.4, 0.5) is 5.69 Å². The van der Waals surface area contributed by atoms with Crippen molar-refractivity contribution in [3.63, 3.8) is 0 Å². The van der Waals surface area contributed by atoms with E-state index in [2.05, 4.69) is 17.2 Å². The number of carbonyl (C=O) groups is 2. The molecule has 1 amide bonds. The van der Waals surface area contributed by atoms with Crippen LogP contribution in [0.5, 0.6) is 0 Å². The van der Waals surface area contributed by atoms with E-state index in [-0.39, 0.29) is 11.4 Å². The van der Waals surface area contributed by atoms with Crippen LogP contribution in [-0.2, 0) is 11.2 Å². The molecule has 29 heavy (non-hydrogen) atoms. The highest BCUT2D eigenvalue weighted by atomic mass is 35.5. The lowest BCUT2D eigenvalue weighted by Crippen LogP contribution is -2.27. The van der Waals surface area contributed by atoms with E-state index in [0.717, 1.165) is 11.1 Å². The zero-order chi connectivity index (χ0) is 20.2. The van der Waals surface area contributed by atoms with Crippen molar-refractivity contribution in [2.45, 2.75) is 6.42 Å². The van der Waals surface area contributed by atoms with Gasteiger partial charge in [0.1, 0.15) is 0 Å². The summed E-state index contributed by atoms with van der Waals surface area (Å²) < 4.78 is 0. The van der Waals surface area contributed by atoms with Gasteiger partial charge in [0.2, 0.25) is 5.78 Å². The Balaban J connectivity index is 1.62. The summed E-state index contributed by atoms with van der Waals surface area (Å²) in [5.74, 6) is 5.47. The van der Waals surface area contributed by atoms with E-state index in [4.69, 9.17) is 11.6 Å². The molecule has 4 rings (SSSR count). The number of benzene rings is 3. The van der Waals surface area contributed by atoms with E-state index >= 15 is 0 Å². The highest BCUT2D eigenvalue weighted by molar-refractivity contribution is 6.36. The highest BCUT2D eigenvalue weighted by Crippen LogP contribution is 2.27. The average Bonchev–Trinajstić information content (AvgIpc) is 2.72. The first-order valence-corrected chi connectivity index (χ1v) is 9.48. The standard InChI is InChI=1S/C25H16ClNO2/c26-20-11-5-10-19(14-20)16-22-24(28)21-15-18(12-13-23(21)27-25(22)29)9-4-8-17-6-2-1-3-7-17/h1-3,5-7,10-16H,8H2,(H,27,29). The van der Waals surface area contributed by atoms with Crippen LogP contribution in [0.2, 0.25) is 5.02 Å². The fraction of sp³-hybridized carbons (Fsp3) is 0.0400. The maximum absolute atomic E-state index is 13.0. The van der Waals surface area contributed by atoms with Crippen molar-refractivity contribution in [3.8, 4) is 11.8 Å². The molecule has 4 heteroatoms. The molecule has 1 aliphatic heterocycles. The lowest BCUT2D eigenvalue weighted by Gasteiger charge is -2.18. The van der Waals surface area contributed by atoms with Gasteiger partial charge in [-0.1, -0.05) is 65.9 Å². The maximum Gasteiger partial charge on any atom is 0.259 e. The molecule has 0 fully saturated rings. The van der Waals surface area contributed by atoms with Crippen LogP contribution in [0.25, 0.3) is 6.08 Å². The fourth-order valence-corrected chi connectivity index (χ4v) is 3.29. The highest BCUT2D eigenvalue weighted by Gasteiger charge is 2.28. The number of rotatable bonds is 2. The lowest BCUT2D eigenvalue weighted by atomic mass is 9.94. The second-order valence-corrected chi connectivity index (χ2v) is 7.06. The Morgan fingerprint density at radius 2 is 1.76 bits per heavy atom. The first kappa shape index (κ1) is 18.7. The molecule has 0 unspecified atom stereocenters. The Morgan fingerprint density at radius 1 is 0.931 bits per heavy atom. The number of fused-ring (bicyclic) bond motifs is 1. The van der Waals surface area contributed by atoms with Gasteiger partial charge in [0, 0.05) is 22.6 Å². The van der Waals surface area contributed by atoms with Crippen LogP contribution in [0.15, 0.2) is 78.4 Å². The molecule has 0 saturated carbocycles. The number of nitrogens with one attached hydrogen (secondary N) is 1. The van der Waals surface area contributed by atoms with Gasteiger partial charge >= 0.3 is 0 Å². The summed E-state index contributed by atoms with van der Waals surface area (Å²) in [6.07, 6.45) is 2.18. The van der Waals surface area contributed by atoms with Gasteiger partial charge in [0.05, 0.1) is 11.3 Å². The second kappa shape index (κ2) is 8.18. The van der Waals surface area contributed by atoms with Gasteiger partial charge in [0.25, 0.3) is 5.91 Å². The number of carbonyl (C=O) groups excluding carboxylic acids is 2. The van der Waals surface area contributed by atoms with E-state index in [1.165, 1.54) is 0 Å². The molecule has 0 spiro atoms. The minimum absolute atomic E-state index is 0.0779. The molecule has 3 aromatic carbocycles. The van der Waals surface area contributed by atoms with Crippen LogP contribution in [-0.4, -0.2) is 11.7 Å². The molecule has 0 bridgehead atoms. The normalized spacial score (nSPS) is 14.0. The van der Waals surface area contributed by atoms with Gasteiger partial charge in [0.15, 0.2) is 0 Å². The monoisotopic (exact) mass is 397 g/mol. The largest absolute Gasteiger partial charge is 0.321 e. The molecule has 1 heterocycles. The van der Waals surface area contributed by atoms with Crippen molar-refractivity contribution in [1.82, 2.24) is 0 Å². The topological polar surface area (TPSA) is 46.2 Å². The Morgan fingerprint density at radius 3 is 2.55 bits per heavy atom. The van der Waals surface area contributed by atoms with Gasteiger partial charge in [-0.05, 0) is 47.5 Å². The number of hydrogen-bond donors (Lipinski definition) is 1. The molecular formula is C25H16ClNO2. The molecule has 0 aliphatic carbocycles. The average molecular weight is 398 g/mol. The van der Waals surface area contributed by atoms with Crippen LogP contribution >= 0.6 is 11.6 Å². The van der Waals surface area contributed by atoms with Crippen molar-refractivity contribution in [2.24, 2.45) is 0 Å². The molecule has 0 radical (unpaired) electrons. The Labute approximate surface area is 174 Å². The molecule has 0 saturated heterocycles. The number of hydrogen-bond acceptors (Lipinski definition) is 2. The van der Waals surface area contributed by atoms with Gasteiger partial charge in [-0.25, -0.2) is 0 Å². The van der Waals surface area contributed by atoms with Crippen molar-refractivity contribution in [1.29, 1.82) is 0 Å². The van der Waals surface area contributed by atoms with Crippen molar-refractivity contribution >= 4 is 35.1 Å². The fourth-order valence-electron chi connectivity index (χ4n) is 3.10. The van der Waals surface area contributed by atoms with E-state index < -0.39 is 5.91 Å². The summed E-state index contributed by atoms with van der Waals surface area (Å²) in [4.78, 5) is 25.4. The second-order valence-electron chi connectivity index (χ2n) is 6.62. The zero-order valence-electron chi connectivity index (χ0n) is 15.4. The SMILES string of the molecule is O=C1Nc2ccc(C#CCc3ccccc3)cc2C(=O)C1=Cc1cccc(Cl)c1. The predicted octanol–water partition coefficient (Wildman–Crippen LogP) is 5.15.